The van der Waals surface area contributed by atoms with Crippen molar-refractivity contribution in [2.45, 2.75) is 32.5 Å². The summed E-state index contributed by atoms with van der Waals surface area (Å²) in [7, 11) is 0. The number of hydrogen-bond donors (Lipinski definition) is 1. The quantitative estimate of drug-likeness (QED) is 0.826. The highest BCUT2D eigenvalue weighted by atomic mass is 19.4. The molecule has 2 aromatic rings. The molecule has 0 radical (unpaired) electrons. The van der Waals surface area contributed by atoms with Crippen LogP contribution in [0.1, 0.15) is 29.5 Å². The van der Waals surface area contributed by atoms with E-state index in [0.29, 0.717) is 12.8 Å². The standard InChI is InChI=1S/C21H23F3N2O/c1-15-6-2-3-7-17(15)14-26-12-10-16(11-13-26)20(27)25-19-9-5-4-8-18(19)21(22,23)24/h2-9,16H,10-14H2,1H3,(H,25,27). The van der Waals surface area contributed by atoms with Crippen molar-refractivity contribution in [3.05, 3.63) is 65.2 Å². The molecule has 1 saturated heterocycles. The molecule has 27 heavy (non-hydrogen) atoms. The van der Waals surface area contributed by atoms with Gasteiger partial charge in [-0.05, 0) is 56.1 Å². The van der Waals surface area contributed by atoms with Crippen molar-refractivity contribution in [2.24, 2.45) is 5.92 Å². The zero-order chi connectivity index (χ0) is 19.4. The van der Waals surface area contributed by atoms with Crippen LogP contribution in [-0.4, -0.2) is 23.9 Å². The third-order valence-electron chi connectivity index (χ3n) is 5.10. The number of anilines is 1. The van der Waals surface area contributed by atoms with Gasteiger partial charge >= 0.3 is 6.18 Å². The molecule has 3 rings (SSSR count). The summed E-state index contributed by atoms with van der Waals surface area (Å²) in [5, 5.41) is 2.48. The number of benzene rings is 2. The van der Waals surface area contributed by atoms with Gasteiger partial charge in [-0.25, -0.2) is 0 Å². The molecule has 0 saturated carbocycles. The van der Waals surface area contributed by atoms with Gasteiger partial charge in [-0.15, -0.1) is 0 Å². The second kappa shape index (κ2) is 8.13. The molecule has 2 aromatic carbocycles. The van der Waals surface area contributed by atoms with Crippen molar-refractivity contribution < 1.29 is 18.0 Å². The van der Waals surface area contributed by atoms with Gasteiger partial charge in [-0.1, -0.05) is 36.4 Å². The van der Waals surface area contributed by atoms with Crippen LogP contribution in [0.5, 0.6) is 0 Å². The number of likely N-dealkylation sites (tertiary alicyclic amines) is 1. The molecule has 0 atom stereocenters. The predicted molar refractivity (Wildman–Crippen MR) is 99.3 cm³/mol. The maximum absolute atomic E-state index is 13.1. The maximum atomic E-state index is 13.1. The fourth-order valence-corrected chi connectivity index (χ4v) is 3.46. The summed E-state index contributed by atoms with van der Waals surface area (Å²) in [6.07, 6.45) is -3.20. The zero-order valence-electron chi connectivity index (χ0n) is 15.2. The predicted octanol–water partition coefficient (Wildman–Crippen LogP) is 4.86. The number of halogens is 3. The topological polar surface area (TPSA) is 32.3 Å². The van der Waals surface area contributed by atoms with E-state index in [2.05, 4.69) is 29.3 Å². The number of carbonyl (C=O) groups is 1. The molecule has 1 N–H and O–H groups in total. The number of amides is 1. The van der Waals surface area contributed by atoms with E-state index >= 15 is 0 Å². The monoisotopic (exact) mass is 376 g/mol. The summed E-state index contributed by atoms with van der Waals surface area (Å²) in [4.78, 5) is 14.8. The largest absolute Gasteiger partial charge is 0.418 e. The second-order valence-corrected chi connectivity index (χ2v) is 7.01. The molecule has 1 aliphatic rings. The molecule has 144 valence electrons. The highest BCUT2D eigenvalue weighted by Crippen LogP contribution is 2.35. The van der Waals surface area contributed by atoms with Crippen LogP contribution in [0.2, 0.25) is 0 Å². The van der Waals surface area contributed by atoms with Crippen LogP contribution in [0.25, 0.3) is 0 Å². The molecule has 0 bridgehead atoms. The zero-order valence-corrected chi connectivity index (χ0v) is 15.2. The van der Waals surface area contributed by atoms with Crippen LogP contribution in [0.3, 0.4) is 0 Å². The minimum Gasteiger partial charge on any atom is -0.325 e. The second-order valence-electron chi connectivity index (χ2n) is 7.01. The van der Waals surface area contributed by atoms with Gasteiger partial charge in [-0.2, -0.15) is 13.2 Å². The third-order valence-corrected chi connectivity index (χ3v) is 5.10. The van der Waals surface area contributed by atoms with E-state index in [9.17, 15) is 18.0 Å². The van der Waals surface area contributed by atoms with E-state index in [0.717, 1.165) is 25.7 Å². The Morgan fingerprint density at radius 1 is 1.07 bits per heavy atom. The lowest BCUT2D eigenvalue weighted by Gasteiger charge is -2.31. The van der Waals surface area contributed by atoms with Crippen molar-refractivity contribution in [2.75, 3.05) is 18.4 Å². The first-order valence-corrected chi connectivity index (χ1v) is 9.08. The van der Waals surface area contributed by atoms with Crippen molar-refractivity contribution in [3.8, 4) is 0 Å². The first-order valence-electron chi connectivity index (χ1n) is 9.08. The van der Waals surface area contributed by atoms with E-state index in [1.165, 1.54) is 29.3 Å². The number of carbonyl (C=O) groups excluding carboxylic acids is 1. The molecule has 0 unspecified atom stereocenters. The van der Waals surface area contributed by atoms with Gasteiger partial charge in [0.2, 0.25) is 5.91 Å². The molecule has 1 heterocycles. The summed E-state index contributed by atoms with van der Waals surface area (Å²) in [6.45, 7) is 4.42. The molecular weight excluding hydrogens is 353 g/mol. The van der Waals surface area contributed by atoms with Gasteiger partial charge in [0.05, 0.1) is 11.3 Å². The smallest absolute Gasteiger partial charge is 0.325 e. The van der Waals surface area contributed by atoms with Crippen molar-refractivity contribution in [1.29, 1.82) is 0 Å². The Hall–Kier alpha value is -2.34. The van der Waals surface area contributed by atoms with Gasteiger partial charge in [0.15, 0.2) is 0 Å². The third kappa shape index (κ3) is 4.89. The molecular formula is C21H23F3N2O. The first kappa shape index (κ1) is 19.4. The van der Waals surface area contributed by atoms with Crippen LogP contribution in [0.4, 0.5) is 18.9 Å². The molecule has 3 nitrogen and oxygen atoms in total. The summed E-state index contributed by atoms with van der Waals surface area (Å²) >= 11 is 0. The molecule has 1 aliphatic heterocycles. The summed E-state index contributed by atoms with van der Waals surface area (Å²) in [5.41, 5.74) is 1.52. The number of alkyl halides is 3. The number of nitrogens with zero attached hydrogens (tertiary/aromatic N) is 1. The minimum atomic E-state index is -4.49. The number of para-hydroxylation sites is 1. The molecule has 1 amide bonds. The number of nitrogens with one attached hydrogen (secondary N) is 1. The molecule has 0 aliphatic carbocycles. The average molecular weight is 376 g/mol. The number of aryl methyl sites for hydroxylation is 1. The number of rotatable bonds is 4. The summed E-state index contributed by atoms with van der Waals surface area (Å²) < 4.78 is 39.2. The van der Waals surface area contributed by atoms with Crippen molar-refractivity contribution in [3.63, 3.8) is 0 Å². The summed E-state index contributed by atoms with van der Waals surface area (Å²) in [6, 6.07) is 13.3. The Kier molecular flexibility index (Phi) is 5.85. The molecule has 0 aromatic heterocycles. The van der Waals surface area contributed by atoms with E-state index in [1.807, 2.05) is 12.1 Å². The Labute approximate surface area is 157 Å². The fraction of sp³-hybridized carbons (Fsp3) is 0.381. The van der Waals surface area contributed by atoms with Gasteiger partial charge in [0.1, 0.15) is 0 Å². The Balaban J connectivity index is 1.57. The lowest BCUT2D eigenvalue weighted by Crippen LogP contribution is -2.38. The molecule has 1 fully saturated rings. The van der Waals surface area contributed by atoms with Crippen molar-refractivity contribution >= 4 is 11.6 Å². The van der Waals surface area contributed by atoms with Crippen LogP contribution in [0.15, 0.2) is 48.5 Å². The van der Waals surface area contributed by atoms with Crippen molar-refractivity contribution in [1.82, 2.24) is 4.90 Å². The lowest BCUT2D eigenvalue weighted by molar-refractivity contribution is -0.137. The van der Waals surface area contributed by atoms with Gasteiger partial charge in [0.25, 0.3) is 0 Å². The van der Waals surface area contributed by atoms with E-state index in [4.69, 9.17) is 0 Å². The van der Waals surface area contributed by atoms with Crippen LogP contribution in [-0.2, 0) is 17.5 Å². The Morgan fingerprint density at radius 3 is 2.37 bits per heavy atom. The summed E-state index contributed by atoms with van der Waals surface area (Å²) in [5.74, 6) is -0.596. The van der Waals surface area contributed by atoms with Gasteiger partial charge in [0, 0.05) is 12.5 Å². The Morgan fingerprint density at radius 2 is 1.70 bits per heavy atom. The van der Waals surface area contributed by atoms with Crippen LogP contribution < -0.4 is 5.32 Å². The average Bonchev–Trinajstić information content (AvgIpc) is 2.64. The van der Waals surface area contributed by atoms with E-state index < -0.39 is 11.7 Å². The number of piperidine rings is 1. The van der Waals surface area contributed by atoms with Crippen LogP contribution >= 0.6 is 0 Å². The highest BCUT2D eigenvalue weighted by Gasteiger charge is 2.34. The Bertz CT molecular complexity index is 796. The van der Waals surface area contributed by atoms with Gasteiger partial charge in [-0.3, -0.25) is 9.69 Å². The number of hydrogen-bond acceptors (Lipinski definition) is 2. The van der Waals surface area contributed by atoms with Gasteiger partial charge < -0.3 is 5.32 Å². The molecule has 6 heteroatoms. The molecule has 0 spiro atoms. The van der Waals surface area contributed by atoms with Crippen LogP contribution in [0, 0.1) is 12.8 Å². The minimum absolute atomic E-state index is 0.169. The highest BCUT2D eigenvalue weighted by molar-refractivity contribution is 5.93. The maximum Gasteiger partial charge on any atom is 0.418 e. The fourth-order valence-electron chi connectivity index (χ4n) is 3.46. The lowest BCUT2D eigenvalue weighted by atomic mass is 9.95. The SMILES string of the molecule is Cc1ccccc1CN1CCC(C(=O)Nc2ccccc2C(F)(F)F)CC1. The normalized spacial score (nSPS) is 16.3. The first-order chi connectivity index (χ1) is 12.8. The van der Waals surface area contributed by atoms with E-state index in [-0.39, 0.29) is 17.5 Å². The van der Waals surface area contributed by atoms with E-state index in [1.54, 1.807) is 0 Å².